The Morgan fingerprint density at radius 1 is 1.09 bits per heavy atom. The number of benzene rings is 1. The number of aromatic hydroxyl groups is 1. The zero-order valence-electron chi connectivity index (χ0n) is 11.4. The predicted octanol–water partition coefficient (Wildman–Crippen LogP) is 3.32. The monoisotopic (exact) mass is 305 g/mol. The molecule has 3 aromatic rings. The lowest BCUT2D eigenvalue weighted by molar-refractivity contribution is 0.0277. The third-order valence-electron chi connectivity index (χ3n) is 3.16. The Hall–Kier alpha value is -2.70. The van der Waals surface area contributed by atoms with E-state index in [-0.39, 0.29) is 10.9 Å². The fraction of sp³-hybridized carbons (Fsp3) is 0.133. The lowest BCUT2D eigenvalue weighted by Gasteiger charge is -2.15. The highest BCUT2D eigenvalue weighted by molar-refractivity contribution is 5.83. The van der Waals surface area contributed by atoms with E-state index in [1.54, 1.807) is 25.1 Å². The van der Waals surface area contributed by atoms with Crippen molar-refractivity contribution in [1.82, 2.24) is 15.0 Å². The number of aryl methyl sites for hydroxylation is 1. The number of aromatic nitrogens is 3. The lowest BCUT2D eigenvalue weighted by atomic mass is 10.1. The maximum Gasteiger partial charge on any atom is 0.348 e. The van der Waals surface area contributed by atoms with Crippen molar-refractivity contribution in [3.63, 3.8) is 0 Å². The first kappa shape index (κ1) is 14.2. The summed E-state index contributed by atoms with van der Waals surface area (Å²) in [5, 5.41) is 10.1. The summed E-state index contributed by atoms with van der Waals surface area (Å²) < 4.78 is 41.6. The minimum atomic E-state index is -3.65. The van der Waals surface area contributed by atoms with Crippen molar-refractivity contribution in [2.24, 2.45) is 0 Å². The normalized spacial score (nSPS) is 11.8. The van der Waals surface area contributed by atoms with Crippen molar-refractivity contribution in [3.05, 3.63) is 59.4 Å². The van der Waals surface area contributed by atoms with Crippen molar-refractivity contribution in [1.29, 1.82) is 0 Å². The summed E-state index contributed by atoms with van der Waals surface area (Å²) in [6, 6.07) is 6.56. The molecule has 0 aliphatic rings. The molecule has 7 heteroatoms. The molecule has 0 aliphatic heterocycles. The summed E-state index contributed by atoms with van der Waals surface area (Å²) in [5.74, 6) is -5.80. The van der Waals surface area contributed by atoms with Crippen LogP contribution in [0.25, 0.3) is 10.9 Å². The van der Waals surface area contributed by atoms with Crippen LogP contribution in [0.5, 0.6) is 5.88 Å². The lowest BCUT2D eigenvalue weighted by Crippen LogP contribution is -2.20. The van der Waals surface area contributed by atoms with E-state index in [1.807, 2.05) is 0 Å². The highest BCUT2D eigenvalue weighted by Crippen LogP contribution is 2.34. The summed E-state index contributed by atoms with van der Waals surface area (Å²) >= 11 is 0. The molecule has 112 valence electrons. The molecule has 2 heterocycles. The van der Waals surface area contributed by atoms with E-state index in [1.165, 1.54) is 0 Å². The SMILES string of the molecule is Cc1ccc2c(O)nc(C(F)(F)c3ccc(F)cn3)nc2c1. The van der Waals surface area contributed by atoms with Gasteiger partial charge in [-0.2, -0.15) is 13.8 Å². The molecule has 0 saturated heterocycles. The van der Waals surface area contributed by atoms with Gasteiger partial charge in [0.2, 0.25) is 11.7 Å². The molecule has 0 radical (unpaired) electrons. The Morgan fingerprint density at radius 3 is 2.55 bits per heavy atom. The number of hydrogen-bond donors (Lipinski definition) is 1. The van der Waals surface area contributed by atoms with Crippen LogP contribution in [0.3, 0.4) is 0 Å². The topological polar surface area (TPSA) is 58.9 Å². The maximum atomic E-state index is 14.4. The second-order valence-electron chi connectivity index (χ2n) is 4.83. The Balaban J connectivity index is 2.17. The standard InChI is InChI=1S/C15H10F3N3O/c1-8-2-4-10-11(6-8)20-14(21-13(10)22)15(17,18)12-5-3-9(16)7-19-12/h2-7H,1H3,(H,20,21,22). The van der Waals surface area contributed by atoms with Gasteiger partial charge in [0, 0.05) is 0 Å². The van der Waals surface area contributed by atoms with Crippen LogP contribution in [-0.4, -0.2) is 20.1 Å². The van der Waals surface area contributed by atoms with Crippen LogP contribution in [0.4, 0.5) is 13.2 Å². The largest absolute Gasteiger partial charge is 0.493 e. The maximum absolute atomic E-state index is 14.4. The molecule has 0 amide bonds. The van der Waals surface area contributed by atoms with Gasteiger partial charge in [-0.3, -0.25) is 4.98 Å². The quantitative estimate of drug-likeness (QED) is 0.789. The molecule has 3 rings (SSSR count). The van der Waals surface area contributed by atoms with Crippen molar-refractivity contribution < 1.29 is 18.3 Å². The van der Waals surface area contributed by atoms with Gasteiger partial charge in [0.05, 0.1) is 17.1 Å². The summed E-state index contributed by atoms with van der Waals surface area (Å²) in [7, 11) is 0. The zero-order chi connectivity index (χ0) is 15.9. The molecule has 22 heavy (non-hydrogen) atoms. The Bertz CT molecular complexity index is 851. The molecule has 1 aromatic carbocycles. The molecular weight excluding hydrogens is 295 g/mol. The van der Waals surface area contributed by atoms with Crippen LogP contribution >= 0.6 is 0 Å². The molecule has 1 N–H and O–H groups in total. The fourth-order valence-corrected chi connectivity index (χ4v) is 2.04. The zero-order valence-corrected chi connectivity index (χ0v) is 11.4. The molecule has 0 atom stereocenters. The summed E-state index contributed by atoms with van der Waals surface area (Å²) in [6.45, 7) is 1.78. The second kappa shape index (κ2) is 4.94. The van der Waals surface area contributed by atoms with Gasteiger partial charge in [0.1, 0.15) is 11.5 Å². The number of rotatable bonds is 2. The van der Waals surface area contributed by atoms with Crippen LogP contribution in [0.15, 0.2) is 36.5 Å². The number of fused-ring (bicyclic) bond motifs is 1. The van der Waals surface area contributed by atoms with Crippen LogP contribution in [0.1, 0.15) is 17.1 Å². The highest BCUT2D eigenvalue weighted by Gasteiger charge is 2.40. The van der Waals surface area contributed by atoms with E-state index in [9.17, 15) is 18.3 Å². The van der Waals surface area contributed by atoms with Crippen LogP contribution < -0.4 is 0 Å². The van der Waals surface area contributed by atoms with E-state index in [2.05, 4.69) is 15.0 Å². The molecule has 0 aliphatic carbocycles. The first-order chi connectivity index (χ1) is 10.4. The van der Waals surface area contributed by atoms with E-state index >= 15 is 0 Å². The highest BCUT2D eigenvalue weighted by atomic mass is 19.3. The second-order valence-corrected chi connectivity index (χ2v) is 4.83. The molecule has 0 bridgehead atoms. The first-order valence-corrected chi connectivity index (χ1v) is 6.35. The first-order valence-electron chi connectivity index (χ1n) is 6.35. The van der Waals surface area contributed by atoms with E-state index in [0.29, 0.717) is 6.20 Å². The Labute approximate surface area is 123 Å². The molecule has 2 aromatic heterocycles. The average Bonchev–Trinajstić information content (AvgIpc) is 2.47. The predicted molar refractivity (Wildman–Crippen MR) is 73.1 cm³/mol. The molecular formula is C15H10F3N3O. The van der Waals surface area contributed by atoms with Crippen molar-refractivity contribution in [3.8, 4) is 5.88 Å². The van der Waals surface area contributed by atoms with Gasteiger partial charge in [-0.25, -0.2) is 9.37 Å². The van der Waals surface area contributed by atoms with Crippen LogP contribution in [0, 0.1) is 12.7 Å². The van der Waals surface area contributed by atoms with Gasteiger partial charge >= 0.3 is 5.92 Å². The molecule has 0 saturated carbocycles. The van der Waals surface area contributed by atoms with Gasteiger partial charge in [-0.1, -0.05) is 6.07 Å². The Morgan fingerprint density at radius 2 is 1.86 bits per heavy atom. The third kappa shape index (κ3) is 2.34. The molecule has 0 fully saturated rings. The fourth-order valence-electron chi connectivity index (χ4n) is 2.04. The summed E-state index contributed by atoms with van der Waals surface area (Å²) in [6.07, 6.45) is 0.689. The van der Waals surface area contributed by atoms with Crippen molar-refractivity contribution >= 4 is 10.9 Å². The van der Waals surface area contributed by atoms with E-state index in [0.717, 1.165) is 17.7 Å². The number of nitrogens with zero attached hydrogens (tertiary/aromatic N) is 3. The number of hydrogen-bond acceptors (Lipinski definition) is 4. The number of pyridine rings is 1. The van der Waals surface area contributed by atoms with E-state index in [4.69, 9.17) is 0 Å². The third-order valence-corrected chi connectivity index (χ3v) is 3.16. The number of halogens is 3. The Kier molecular flexibility index (Phi) is 3.20. The van der Waals surface area contributed by atoms with E-state index < -0.39 is 29.1 Å². The minimum Gasteiger partial charge on any atom is -0.493 e. The van der Waals surface area contributed by atoms with Gasteiger partial charge < -0.3 is 5.11 Å². The van der Waals surface area contributed by atoms with Crippen LogP contribution in [-0.2, 0) is 5.92 Å². The average molecular weight is 305 g/mol. The molecule has 0 spiro atoms. The minimum absolute atomic E-state index is 0.198. The molecule has 0 unspecified atom stereocenters. The van der Waals surface area contributed by atoms with Gasteiger partial charge in [-0.15, -0.1) is 0 Å². The van der Waals surface area contributed by atoms with Gasteiger partial charge in [0.15, 0.2) is 0 Å². The summed E-state index contributed by atoms with van der Waals surface area (Å²) in [4.78, 5) is 10.6. The number of alkyl halides is 2. The summed E-state index contributed by atoms with van der Waals surface area (Å²) in [5.41, 5.74) is 0.310. The van der Waals surface area contributed by atoms with Crippen molar-refractivity contribution in [2.45, 2.75) is 12.8 Å². The van der Waals surface area contributed by atoms with Crippen molar-refractivity contribution in [2.75, 3.05) is 0 Å². The van der Waals surface area contributed by atoms with Crippen LogP contribution in [0.2, 0.25) is 0 Å². The molecule has 4 nitrogen and oxygen atoms in total. The smallest absolute Gasteiger partial charge is 0.348 e. The van der Waals surface area contributed by atoms with Gasteiger partial charge in [0.25, 0.3) is 0 Å². The van der Waals surface area contributed by atoms with Gasteiger partial charge in [-0.05, 0) is 36.8 Å².